The van der Waals surface area contributed by atoms with Gasteiger partial charge < -0.3 is 14.5 Å². The molecule has 1 saturated carbocycles. The summed E-state index contributed by atoms with van der Waals surface area (Å²) in [5.41, 5.74) is 1.44. The highest BCUT2D eigenvalue weighted by molar-refractivity contribution is 5.92. The first kappa shape index (κ1) is 16.0. The third-order valence-corrected chi connectivity index (χ3v) is 5.54. The summed E-state index contributed by atoms with van der Waals surface area (Å²) in [5, 5.41) is 0. The maximum atomic E-state index is 12.7. The zero-order valence-electron chi connectivity index (χ0n) is 14.5. The van der Waals surface area contributed by atoms with Crippen molar-refractivity contribution in [3.8, 4) is 0 Å². The lowest BCUT2D eigenvalue weighted by Crippen LogP contribution is -2.49. The van der Waals surface area contributed by atoms with Gasteiger partial charge in [-0.1, -0.05) is 6.07 Å². The van der Waals surface area contributed by atoms with E-state index in [2.05, 4.69) is 9.88 Å². The molecule has 3 heterocycles. The molecule has 0 spiro atoms. The Morgan fingerprint density at radius 3 is 2.92 bits per heavy atom. The SMILES string of the molecule is Cc1cccc(C(=O)N2CC[C@H]3CN(CC4CC4)CCO[C@H]3C2)n1. The molecule has 0 unspecified atom stereocenters. The third-order valence-electron chi connectivity index (χ3n) is 5.54. The summed E-state index contributed by atoms with van der Waals surface area (Å²) < 4.78 is 6.12. The Bertz CT molecular complexity index is 602. The van der Waals surface area contributed by atoms with Crippen LogP contribution in [0, 0.1) is 18.8 Å². The quantitative estimate of drug-likeness (QED) is 0.850. The Balaban J connectivity index is 1.39. The number of hydrogen-bond donors (Lipinski definition) is 0. The summed E-state index contributed by atoms with van der Waals surface area (Å²) in [7, 11) is 0. The van der Waals surface area contributed by atoms with Gasteiger partial charge in [0.1, 0.15) is 5.69 Å². The summed E-state index contributed by atoms with van der Waals surface area (Å²) in [5.74, 6) is 1.52. The van der Waals surface area contributed by atoms with Crippen LogP contribution in [0.2, 0.25) is 0 Å². The van der Waals surface area contributed by atoms with Crippen molar-refractivity contribution in [2.75, 3.05) is 39.3 Å². The van der Waals surface area contributed by atoms with Crippen LogP contribution in [0.3, 0.4) is 0 Å². The van der Waals surface area contributed by atoms with E-state index in [1.807, 2.05) is 30.0 Å². The molecule has 1 aromatic rings. The first-order valence-corrected chi connectivity index (χ1v) is 9.26. The van der Waals surface area contributed by atoms with Crippen molar-refractivity contribution in [2.24, 2.45) is 11.8 Å². The monoisotopic (exact) mass is 329 g/mol. The lowest BCUT2D eigenvalue weighted by atomic mass is 9.93. The molecule has 5 heteroatoms. The van der Waals surface area contributed by atoms with E-state index in [1.165, 1.54) is 19.4 Å². The predicted octanol–water partition coefficient (Wildman–Crippen LogP) is 1.96. The van der Waals surface area contributed by atoms with Gasteiger partial charge in [0.25, 0.3) is 5.91 Å². The van der Waals surface area contributed by atoms with Gasteiger partial charge in [-0.2, -0.15) is 0 Å². The number of rotatable bonds is 3. The smallest absolute Gasteiger partial charge is 0.272 e. The Hall–Kier alpha value is -1.46. The van der Waals surface area contributed by atoms with E-state index in [0.717, 1.165) is 44.3 Å². The van der Waals surface area contributed by atoms with E-state index < -0.39 is 0 Å². The zero-order chi connectivity index (χ0) is 16.5. The number of aromatic nitrogens is 1. The third kappa shape index (κ3) is 3.62. The molecular weight excluding hydrogens is 302 g/mol. The second kappa shape index (κ2) is 6.81. The number of carbonyl (C=O) groups excluding carboxylic acids is 1. The molecule has 24 heavy (non-hydrogen) atoms. The van der Waals surface area contributed by atoms with E-state index in [4.69, 9.17) is 4.74 Å². The molecule has 1 aromatic heterocycles. The largest absolute Gasteiger partial charge is 0.375 e. The number of nitrogens with zero attached hydrogens (tertiary/aromatic N) is 3. The summed E-state index contributed by atoms with van der Waals surface area (Å²) in [6, 6.07) is 5.64. The van der Waals surface area contributed by atoms with Gasteiger partial charge in [0.05, 0.1) is 12.7 Å². The number of aryl methyl sites for hydroxylation is 1. The fourth-order valence-corrected chi connectivity index (χ4v) is 3.96. The molecule has 2 saturated heterocycles. The second-order valence-corrected chi connectivity index (χ2v) is 7.58. The first-order valence-electron chi connectivity index (χ1n) is 9.26. The van der Waals surface area contributed by atoms with Crippen molar-refractivity contribution in [3.63, 3.8) is 0 Å². The van der Waals surface area contributed by atoms with Crippen LogP contribution < -0.4 is 0 Å². The molecule has 3 fully saturated rings. The van der Waals surface area contributed by atoms with Crippen molar-refractivity contribution in [2.45, 2.75) is 32.3 Å². The fourth-order valence-electron chi connectivity index (χ4n) is 3.96. The van der Waals surface area contributed by atoms with Crippen molar-refractivity contribution >= 4 is 5.91 Å². The molecule has 0 bridgehead atoms. The van der Waals surface area contributed by atoms with Crippen molar-refractivity contribution in [3.05, 3.63) is 29.6 Å². The normalized spacial score (nSPS) is 28.3. The average molecular weight is 329 g/mol. The van der Waals surface area contributed by atoms with Crippen LogP contribution in [-0.2, 0) is 4.74 Å². The Kier molecular flexibility index (Phi) is 4.55. The van der Waals surface area contributed by atoms with Crippen molar-refractivity contribution in [1.82, 2.24) is 14.8 Å². The molecule has 2 aliphatic heterocycles. The van der Waals surface area contributed by atoms with Crippen LogP contribution >= 0.6 is 0 Å². The van der Waals surface area contributed by atoms with Crippen LogP contribution in [0.1, 0.15) is 35.4 Å². The highest BCUT2D eigenvalue weighted by Crippen LogP contribution is 2.31. The molecule has 1 amide bonds. The van der Waals surface area contributed by atoms with E-state index >= 15 is 0 Å². The number of hydrogen-bond acceptors (Lipinski definition) is 4. The minimum atomic E-state index is 0.0415. The maximum absolute atomic E-state index is 12.7. The van der Waals surface area contributed by atoms with Gasteiger partial charge >= 0.3 is 0 Å². The second-order valence-electron chi connectivity index (χ2n) is 7.58. The first-order chi connectivity index (χ1) is 11.7. The molecular formula is C19H27N3O2. The predicted molar refractivity (Wildman–Crippen MR) is 91.9 cm³/mol. The van der Waals surface area contributed by atoms with Crippen LogP contribution in [0.25, 0.3) is 0 Å². The number of pyridine rings is 1. The van der Waals surface area contributed by atoms with Crippen LogP contribution in [0.15, 0.2) is 18.2 Å². The average Bonchev–Trinajstić information content (AvgIpc) is 3.40. The Morgan fingerprint density at radius 2 is 2.12 bits per heavy atom. The lowest BCUT2D eigenvalue weighted by molar-refractivity contribution is -0.0172. The topological polar surface area (TPSA) is 45.7 Å². The van der Waals surface area contributed by atoms with E-state index in [0.29, 0.717) is 18.2 Å². The van der Waals surface area contributed by atoms with Crippen molar-refractivity contribution < 1.29 is 9.53 Å². The summed E-state index contributed by atoms with van der Waals surface area (Å²) >= 11 is 0. The van der Waals surface area contributed by atoms with E-state index in [-0.39, 0.29) is 12.0 Å². The van der Waals surface area contributed by atoms with Gasteiger partial charge in [0.2, 0.25) is 0 Å². The van der Waals surface area contributed by atoms with Crippen LogP contribution in [-0.4, -0.2) is 66.1 Å². The highest BCUT2D eigenvalue weighted by atomic mass is 16.5. The Labute approximate surface area is 144 Å². The number of piperidine rings is 1. The molecule has 2 atom stereocenters. The Morgan fingerprint density at radius 1 is 1.25 bits per heavy atom. The molecule has 130 valence electrons. The summed E-state index contributed by atoms with van der Waals surface area (Å²) in [6.45, 7) is 7.64. The van der Waals surface area contributed by atoms with E-state index in [9.17, 15) is 4.79 Å². The lowest BCUT2D eigenvalue weighted by Gasteiger charge is -2.38. The van der Waals surface area contributed by atoms with Gasteiger partial charge in [-0.05, 0) is 44.2 Å². The minimum Gasteiger partial charge on any atom is -0.375 e. The van der Waals surface area contributed by atoms with Crippen LogP contribution in [0.5, 0.6) is 0 Å². The van der Waals surface area contributed by atoms with Crippen molar-refractivity contribution in [1.29, 1.82) is 0 Å². The molecule has 3 aliphatic rings. The zero-order valence-corrected chi connectivity index (χ0v) is 14.5. The standard InChI is InChI=1S/C19H27N3O2/c1-14-3-2-4-17(20-14)19(23)22-8-7-16-12-21(11-15-5-6-15)9-10-24-18(16)13-22/h2-4,15-16,18H,5-13H2,1H3/t16-,18-/m0/s1. The highest BCUT2D eigenvalue weighted by Gasteiger charge is 2.36. The molecule has 4 rings (SSSR count). The summed E-state index contributed by atoms with van der Waals surface area (Å²) in [6.07, 6.45) is 4.01. The van der Waals surface area contributed by atoms with Gasteiger partial charge in [0, 0.05) is 44.3 Å². The van der Waals surface area contributed by atoms with Gasteiger partial charge in [-0.15, -0.1) is 0 Å². The number of fused-ring (bicyclic) bond motifs is 1. The number of carbonyl (C=O) groups is 1. The van der Waals surface area contributed by atoms with E-state index in [1.54, 1.807) is 0 Å². The fraction of sp³-hybridized carbons (Fsp3) is 0.684. The summed E-state index contributed by atoms with van der Waals surface area (Å²) in [4.78, 5) is 21.6. The molecule has 0 radical (unpaired) electrons. The van der Waals surface area contributed by atoms with Gasteiger partial charge in [-0.25, -0.2) is 4.98 Å². The number of amides is 1. The molecule has 0 aromatic carbocycles. The maximum Gasteiger partial charge on any atom is 0.272 e. The molecule has 0 N–H and O–H groups in total. The van der Waals surface area contributed by atoms with Crippen LogP contribution in [0.4, 0.5) is 0 Å². The van der Waals surface area contributed by atoms with Gasteiger partial charge in [-0.3, -0.25) is 4.79 Å². The molecule has 5 nitrogen and oxygen atoms in total. The number of likely N-dealkylation sites (tertiary alicyclic amines) is 1. The number of ether oxygens (including phenoxy) is 1. The van der Waals surface area contributed by atoms with Gasteiger partial charge in [0.15, 0.2) is 0 Å². The molecule has 1 aliphatic carbocycles. The minimum absolute atomic E-state index is 0.0415.